The lowest BCUT2D eigenvalue weighted by atomic mass is 10.1. The van der Waals surface area contributed by atoms with E-state index in [0.717, 1.165) is 10.6 Å². The van der Waals surface area contributed by atoms with Gasteiger partial charge >= 0.3 is 0 Å². The van der Waals surface area contributed by atoms with Gasteiger partial charge in [0.2, 0.25) is 15.9 Å². The Morgan fingerprint density at radius 3 is 2.29 bits per heavy atom. The zero-order valence-corrected chi connectivity index (χ0v) is 16.8. The Morgan fingerprint density at radius 1 is 1.25 bits per heavy atom. The monoisotopic (exact) mass is 394 g/mol. The van der Waals surface area contributed by atoms with Gasteiger partial charge in [-0.1, -0.05) is 44.0 Å². The zero-order valence-electron chi connectivity index (χ0n) is 14.5. The number of anilines is 1. The number of hydrogen-bond donors (Lipinski definition) is 1. The normalized spacial score (nSPS) is 14.3. The molecular weight excluding hydrogens is 371 g/mol. The average Bonchev–Trinajstić information content (AvgIpc) is 2.45. The molecule has 1 N–H and O–H groups in total. The van der Waals surface area contributed by atoms with E-state index in [1.54, 1.807) is 13.0 Å². The van der Waals surface area contributed by atoms with Gasteiger partial charge in [-0.05, 0) is 37.5 Å². The van der Waals surface area contributed by atoms with Crippen molar-refractivity contribution in [1.82, 2.24) is 5.32 Å². The van der Waals surface area contributed by atoms with Crippen LogP contribution < -0.4 is 9.62 Å². The highest BCUT2D eigenvalue weighted by atomic mass is 35.5. The van der Waals surface area contributed by atoms with Gasteiger partial charge in [0.15, 0.2) is 0 Å². The molecule has 136 valence electrons. The molecule has 1 aromatic carbocycles. The van der Waals surface area contributed by atoms with Gasteiger partial charge in [-0.2, -0.15) is 0 Å². The number of nitrogens with zero attached hydrogens (tertiary/aromatic N) is 1. The fraction of sp³-hybridized carbons (Fsp3) is 0.562. The predicted molar refractivity (Wildman–Crippen MR) is 100 cm³/mol. The van der Waals surface area contributed by atoms with E-state index in [1.807, 2.05) is 20.8 Å². The van der Waals surface area contributed by atoms with Crippen LogP contribution in [-0.4, -0.2) is 32.7 Å². The van der Waals surface area contributed by atoms with Crippen LogP contribution in [0.25, 0.3) is 0 Å². The molecule has 0 spiro atoms. The number of carbonyl (C=O) groups excluding carboxylic acids is 1. The lowest BCUT2D eigenvalue weighted by molar-refractivity contribution is -0.123. The van der Waals surface area contributed by atoms with Gasteiger partial charge < -0.3 is 5.32 Å². The summed E-state index contributed by atoms with van der Waals surface area (Å²) < 4.78 is 25.8. The first-order valence-electron chi connectivity index (χ1n) is 7.73. The molecular formula is C16H24Cl2N2O3S. The Morgan fingerprint density at radius 2 is 1.83 bits per heavy atom. The van der Waals surface area contributed by atoms with Crippen LogP contribution in [0.3, 0.4) is 0 Å². The highest BCUT2D eigenvalue weighted by Crippen LogP contribution is 2.33. The summed E-state index contributed by atoms with van der Waals surface area (Å²) in [6.45, 7) is 7.59. The van der Waals surface area contributed by atoms with E-state index in [2.05, 4.69) is 5.32 Å². The summed E-state index contributed by atoms with van der Waals surface area (Å²) in [6.07, 6.45) is 1.35. The second-order valence-electron chi connectivity index (χ2n) is 6.12. The van der Waals surface area contributed by atoms with E-state index in [-0.39, 0.29) is 28.6 Å². The van der Waals surface area contributed by atoms with Crippen LogP contribution in [0.15, 0.2) is 18.2 Å². The Kier molecular flexibility index (Phi) is 7.38. The van der Waals surface area contributed by atoms with Crippen molar-refractivity contribution in [2.45, 2.75) is 46.2 Å². The van der Waals surface area contributed by atoms with Crippen molar-refractivity contribution in [2.24, 2.45) is 5.92 Å². The van der Waals surface area contributed by atoms with E-state index < -0.39 is 16.1 Å². The maximum atomic E-state index is 12.7. The highest BCUT2D eigenvalue weighted by molar-refractivity contribution is 7.92. The van der Waals surface area contributed by atoms with Crippen LogP contribution >= 0.6 is 23.2 Å². The molecule has 0 aliphatic heterocycles. The van der Waals surface area contributed by atoms with Crippen molar-refractivity contribution in [3.63, 3.8) is 0 Å². The molecule has 1 aromatic rings. The fourth-order valence-corrected chi connectivity index (χ4v) is 3.82. The van der Waals surface area contributed by atoms with Crippen LogP contribution in [0, 0.1) is 5.92 Å². The van der Waals surface area contributed by atoms with Gasteiger partial charge in [0.1, 0.15) is 6.04 Å². The standard InChI is InChI=1S/C16H24Cl2N2O3S/c1-6-14(16(21)19-11(4)10(2)3)20(24(5,22)23)15-9-12(17)7-8-13(15)18/h7-11,14H,6H2,1-5H3,(H,19,21)/t11-,14+/m0/s1. The van der Waals surface area contributed by atoms with Crippen molar-refractivity contribution in [2.75, 3.05) is 10.6 Å². The molecule has 5 nitrogen and oxygen atoms in total. The highest BCUT2D eigenvalue weighted by Gasteiger charge is 2.33. The van der Waals surface area contributed by atoms with E-state index in [1.165, 1.54) is 12.1 Å². The Bertz CT molecular complexity index is 693. The number of rotatable bonds is 7. The Labute approximate surface area is 154 Å². The third-order valence-electron chi connectivity index (χ3n) is 3.85. The van der Waals surface area contributed by atoms with Crippen molar-refractivity contribution >= 4 is 44.8 Å². The van der Waals surface area contributed by atoms with Gasteiger partial charge in [-0.25, -0.2) is 8.42 Å². The number of benzene rings is 1. The van der Waals surface area contributed by atoms with Crippen molar-refractivity contribution < 1.29 is 13.2 Å². The van der Waals surface area contributed by atoms with E-state index in [9.17, 15) is 13.2 Å². The maximum absolute atomic E-state index is 12.7. The zero-order chi connectivity index (χ0) is 18.7. The number of halogens is 2. The Balaban J connectivity index is 3.33. The summed E-state index contributed by atoms with van der Waals surface area (Å²) >= 11 is 12.1. The van der Waals surface area contributed by atoms with E-state index in [4.69, 9.17) is 23.2 Å². The summed E-state index contributed by atoms with van der Waals surface area (Å²) in [5.74, 6) is -0.131. The summed E-state index contributed by atoms with van der Waals surface area (Å²) in [5.41, 5.74) is 0.200. The fourth-order valence-electron chi connectivity index (χ4n) is 2.18. The number of carbonyl (C=O) groups is 1. The molecule has 8 heteroatoms. The number of hydrogen-bond acceptors (Lipinski definition) is 3. The lowest BCUT2D eigenvalue weighted by Crippen LogP contribution is -2.52. The summed E-state index contributed by atoms with van der Waals surface area (Å²) in [6, 6.07) is 3.54. The molecule has 1 amide bonds. The first-order valence-corrected chi connectivity index (χ1v) is 10.3. The van der Waals surface area contributed by atoms with Crippen molar-refractivity contribution in [1.29, 1.82) is 0 Å². The van der Waals surface area contributed by atoms with E-state index >= 15 is 0 Å². The maximum Gasteiger partial charge on any atom is 0.244 e. The molecule has 2 atom stereocenters. The van der Waals surface area contributed by atoms with Crippen LogP contribution in [0.5, 0.6) is 0 Å². The third kappa shape index (κ3) is 5.26. The molecule has 0 bridgehead atoms. The van der Waals surface area contributed by atoms with Crippen LogP contribution in [-0.2, 0) is 14.8 Å². The first-order chi connectivity index (χ1) is 11.0. The minimum atomic E-state index is -3.74. The molecule has 24 heavy (non-hydrogen) atoms. The largest absolute Gasteiger partial charge is 0.352 e. The molecule has 0 fully saturated rings. The summed E-state index contributed by atoms with van der Waals surface area (Å²) in [4.78, 5) is 12.7. The molecule has 0 saturated carbocycles. The van der Waals surface area contributed by atoms with Crippen molar-refractivity contribution in [3.8, 4) is 0 Å². The van der Waals surface area contributed by atoms with Gasteiger partial charge in [-0.15, -0.1) is 0 Å². The van der Waals surface area contributed by atoms with Gasteiger partial charge in [-0.3, -0.25) is 9.10 Å². The van der Waals surface area contributed by atoms with Crippen molar-refractivity contribution in [3.05, 3.63) is 28.2 Å². The quantitative estimate of drug-likeness (QED) is 0.766. The minimum absolute atomic E-state index is 0.0807. The molecule has 0 heterocycles. The lowest BCUT2D eigenvalue weighted by Gasteiger charge is -2.32. The minimum Gasteiger partial charge on any atom is -0.352 e. The third-order valence-corrected chi connectivity index (χ3v) is 5.57. The van der Waals surface area contributed by atoms with Crippen LogP contribution in [0.1, 0.15) is 34.1 Å². The van der Waals surface area contributed by atoms with Gasteiger partial charge in [0.05, 0.1) is 17.0 Å². The second kappa shape index (κ2) is 8.41. The molecule has 0 unspecified atom stereocenters. The predicted octanol–water partition coefficient (Wildman–Crippen LogP) is 3.70. The van der Waals surface area contributed by atoms with Gasteiger partial charge in [0.25, 0.3) is 0 Å². The Hall–Kier alpha value is -0.980. The number of amides is 1. The van der Waals surface area contributed by atoms with E-state index in [0.29, 0.717) is 11.4 Å². The molecule has 0 saturated heterocycles. The summed E-state index contributed by atoms with van der Waals surface area (Å²) in [5, 5.41) is 3.42. The molecule has 0 aliphatic carbocycles. The topological polar surface area (TPSA) is 66.5 Å². The second-order valence-corrected chi connectivity index (χ2v) is 8.82. The van der Waals surface area contributed by atoms with Crippen LogP contribution in [0.4, 0.5) is 5.69 Å². The number of nitrogens with one attached hydrogen (secondary N) is 1. The molecule has 0 aliphatic rings. The van der Waals surface area contributed by atoms with Gasteiger partial charge in [0, 0.05) is 11.1 Å². The summed E-state index contributed by atoms with van der Waals surface area (Å²) in [7, 11) is -3.74. The molecule has 0 aromatic heterocycles. The molecule has 0 radical (unpaired) electrons. The first kappa shape index (κ1) is 21.1. The number of sulfonamides is 1. The SMILES string of the molecule is CC[C@H](C(=O)N[C@@H](C)C(C)C)N(c1cc(Cl)ccc1Cl)S(C)(=O)=O. The smallest absolute Gasteiger partial charge is 0.244 e. The van der Waals surface area contributed by atoms with Crippen LogP contribution in [0.2, 0.25) is 10.0 Å². The molecule has 1 rings (SSSR count). The average molecular weight is 395 g/mol.